The van der Waals surface area contributed by atoms with Crippen molar-refractivity contribution in [1.82, 2.24) is 0 Å². The summed E-state index contributed by atoms with van der Waals surface area (Å²) in [7, 11) is 0. The van der Waals surface area contributed by atoms with Crippen LogP contribution in [0.1, 0.15) is 36.1 Å². The summed E-state index contributed by atoms with van der Waals surface area (Å²) in [5, 5.41) is 0. The van der Waals surface area contributed by atoms with Crippen LogP contribution in [0.2, 0.25) is 0 Å². The first-order chi connectivity index (χ1) is 12.2. The summed E-state index contributed by atoms with van der Waals surface area (Å²) in [5.74, 6) is 0. The number of hydrogen-bond acceptors (Lipinski definition) is 1. The van der Waals surface area contributed by atoms with E-state index in [0.717, 1.165) is 0 Å². The summed E-state index contributed by atoms with van der Waals surface area (Å²) in [6, 6.07) is 30.4. The molecule has 1 heterocycles. The van der Waals surface area contributed by atoms with Crippen molar-refractivity contribution in [2.24, 2.45) is 4.99 Å². The molecule has 3 aromatic rings. The first-order valence-electron chi connectivity index (χ1n) is 8.92. The van der Waals surface area contributed by atoms with Crippen molar-refractivity contribution >= 4 is 6.21 Å². The highest BCUT2D eigenvalue weighted by atomic mass is 15.1. The Labute approximate surface area is 149 Å². The van der Waals surface area contributed by atoms with E-state index in [2.05, 4.69) is 105 Å². The van der Waals surface area contributed by atoms with Crippen LogP contribution < -0.4 is 0 Å². The van der Waals surface area contributed by atoms with Gasteiger partial charge in [0, 0.05) is 17.0 Å². The average molecular weight is 323 g/mol. The molecule has 2 aliphatic rings. The third-order valence-corrected chi connectivity index (χ3v) is 6.82. The first-order valence-corrected chi connectivity index (χ1v) is 8.92. The second-order valence-corrected chi connectivity index (χ2v) is 7.54. The monoisotopic (exact) mass is 323 g/mol. The Morgan fingerprint density at radius 3 is 1.84 bits per heavy atom. The first kappa shape index (κ1) is 14.7. The maximum Gasteiger partial charge on any atom is 0.106 e. The Morgan fingerprint density at radius 2 is 1.16 bits per heavy atom. The molecule has 1 heteroatoms. The van der Waals surface area contributed by atoms with Gasteiger partial charge in [0.1, 0.15) is 5.54 Å². The highest BCUT2D eigenvalue weighted by Crippen LogP contribution is 2.80. The Bertz CT molecular complexity index is 965. The molecule has 0 N–H and O–H groups in total. The van der Waals surface area contributed by atoms with Crippen LogP contribution in [-0.4, -0.2) is 6.21 Å². The Balaban J connectivity index is 1.85. The molecule has 0 bridgehead atoms. The third kappa shape index (κ3) is 1.48. The van der Waals surface area contributed by atoms with Crippen LogP contribution in [0.25, 0.3) is 0 Å². The SMILES string of the molecule is C[C@@]1(c2ccccc2)[C@@]2(C)c3ccccc3C=N[C@@]12c1ccccc1. The smallest absolute Gasteiger partial charge is 0.106 e. The van der Waals surface area contributed by atoms with E-state index in [0.29, 0.717) is 0 Å². The van der Waals surface area contributed by atoms with Crippen molar-refractivity contribution in [1.29, 1.82) is 0 Å². The highest BCUT2D eigenvalue weighted by molar-refractivity contribution is 5.89. The van der Waals surface area contributed by atoms with Crippen LogP contribution in [0.5, 0.6) is 0 Å². The van der Waals surface area contributed by atoms with Gasteiger partial charge < -0.3 is 0 Å². The van der Waals surface area contributed by atoms with Crippen LogP contribution in [0, 0.1) is 0 Å². The van der Waals surface area contributed by atoms with E-state index in [9.17, 15) is 0 Å². The molecule has 0 radical (unpaired) electrons. The van der Waals surface area contributed by atoms with E-state index in [1.807, 2.05) is 0 Å². The van der Waals surface area contributed by atoms with E-state index < -0.39 is 0 Å². The van der Waals surface area contributed by atoms with Gasteiger partial charge in [0.15, 0.2) is 0 Å². The number of nitrogens with zero attached hydrogens (tertiary/aromatic N) is 1. The molecule has 3 atom stereocenters. The van der Waals surface area contributed by atoms with Crippen LogP contribution >= 0.6 is 0 Å². The predicted molar refractivity (Wildman–Crippen MR) is 103 cm³/mol. The molecule has 0 saturated heterocycles. The van der Waals surface area contributed by atoms with Gasteiger partial charge in [-0.3, -0.25) is 4.99 Å². The zero-order valence-corrected chi connectivity index (χ0v) is 14.6. The molecule has 1 nitrogen and oxygen atoms in total. The summed E-state index contributed by atoms with van der Waals surface area (Å²) < 4.78 is 0. The van der Waals surface area contributed by atoms with Crippen LogP contribution in [0.4, 0.5) is 0 Å². The fourth-order valence-corrected chi connectivity index (χ4v) is 5.44. The molecule has 1 aliphatic carbocycles. The minimum atomic E-state index is -0.253. The lowest BCUT2D eigenvalue weighted by molar-refractivity contribution is 0.586. The van der Waals surface area contributed by atoms with Gasteiger partial charge in [-0.05, 0) is 22.3 Å². The zero-order chi connectivity index (χ0) is 17.1. The van der Waals surface area contributed by atoms with Crippen LogP contribution in [0.3, 0.4) is 0 Å². The number of aliphatic imine (C=N–C) groups is 1. The predicted octanol–water partition coefficient (Wildman–Crippen LogP) is 5.24. The molecule has 1 fully saturated rings. The Morgan fingerprint density at radius 1 is 0.600 bits per heavy atom. The van der Waals surface area contributed by atoms with Crippen molar-refractivity contribution in [2.75, 3.05) is 0 Å². The largest absolute Gasteiger partial charge is 0.279 e. The topological polar surface area (TPSA) is 12.4 Å². The maximum atomic E-state index is 5.22. The van der Waals surface area contributed by atoms with E-state index in [1.165, 1.54) is 22.3 Å². The standard InChI is InChI=1S/C24H21N/c1-22(19-12-5-3-6-13-19)23(2)21-16-10-9-11-18(21)17-25-24(22,23)20-14-7-4-8-15-20/h3-17H,1-2H3/t22-,23-,24+/m1/s1. The van der Waals surface area contributed by atoms with Crippen LogP contribution in [0.15, 0.2) is 89.9 Å². The molecule has 0 amide bonds. The molecular formula is C24H21N. The molecule has 5 rings (SSSR count). The van der Waals surface area contributed by atoms with Gasteiger partial charge in [0.2, 0.25) is 0 Å². The Hall–Kier alpha value is -2.67. The number of rotatable bonds is 2. The van der Waals surface area contributed by atoms with Crippen molar-refractivity contribution in [2.45, 2.75) is 30.2 Å². The molecular weight excluding hydrogens is 302 g/mol. The van der Waals surface area contributed by atoms with Crippen molar-refractivity contribution < 1.29 is 0 Å². The molecule has 122 valence electrons. The molecule has 1 aliphatic heterocycles. The lowest BCUT2D eigenvalue weighted by Gasteiger charge is -2.25. The molecule has 25 heavy (non-hydrogen) atoms. The minimum Gasteiger partial charge on any atom is -0.279 e. The third-order valence-electron chi connectivity index (χ3n) is 6.82. The van der Waals surface area contributed by atoms with Gasteiger partial charge >= 0.3 is 0 Å². The van der Waals surface area contributed by atoms with Gasteiger partial charge in [-0.2, -0.15) is 0 Å². The van der Waals surface area contributed by atoms with E-state index in [4.69, 9.17) is 4.99 Å². The summed E-state index contributed by atoms with van der Waals surface area (Å²) in [6.45, 7) is 4.77. The van der Waals surface area contributed by atoms with Crippen molar-refractivity contribution in [3.05, 3.63) is 107 Å². The second kappa shape index (κ2) is 4.70. The minimum absolute atomic E-state index is 0.0615. The van der Waals surface area contributed by atoms with Gasteiger partial charge in [-0.1, -0.05) is 98.8 Å². The lowest BCUT2D eigenvalue weighted by Crippen LogP contribution is -2.23. The number of fused-ring (bicyclic) bond motifs is 3. The van der Waals surface area contributed by atoms with Crippen molar-refractivity contribution in [3.63, 3.8) is 0 Å². The summed E-state index contributed by atoms with van der Waals surface area (Å²) >= 11 is 0. The number of benzene rings is 3. The fourth-order valence-electron chi connectivity index (χ4n) is 5.44. The Kier molecular flexibility index (Phi) is 2.75. The quantitative estimate of drug-likeness (QED) is 0.611. The molecule has 0 aromatic heterocycles. The normalized spacial score (nSPS) is 31.9. The fraction of sp³-hybridized carbons (Fsp3) is 0.208. The van der Waals surface area contributed by atoms with E-state index >= 15 is 0 Å². The van der Waals surface area contributed by atoms with Gasteiger partial charge in [-0.15, -0.1) is 0 Å². The molecule has 0 unspecified atom stereocenters. The van der Waals surface area contributed by atoms with E-state index in [-0.39, 0.29) is 16.4 Å². The highest BCUT2D eigenvalue weighted by Gasteiger charge is 2.85. The average Bonchev–Trinajstić information content (AvgIpc) is 3.16. The van der Waals surface area contributed by atoms with Crippen molar-refractivity contribution in [3.8, 4) is 0 Å². The maximum absolute atomic E-state index is 5.22. The summed E-state index contributed by atoms with van der Waals surface area (Å²) in [4.78, 5) is 5.22. The van der Waals surface area contributed by atoms with E-state index in [1.54, 1.807) is 0 Å². The van der Waals surface area contributed by atoms with Crippen LogP contribution in [-0.2, 0) is 16.4 Å². The van der Waals surface area contributed by atoms with Gasteiger partial charge in [-0.25, -0.2) is 0 Å². The molecule has 1 saturated carbocycles. The number of hydrogen-bond donors (Lipinski definition) is 0. The van der Waals surface area contributed by atoms with Gasteiger partial charge in [0.05, 0.1) is 0 Å². The zero-order valence-electron chi connectivity index (χ0n) is 14.6. The molecule has 3 aromatic carbocycles. The second-order valence-electron chi connectivity index (χ2n) is 7.54. The summed E-state index contributed by atoms with van der Waals surface area (Å²) in [6.07, 6.45) is 2.08. The summed E-state index contributed by atoms with van der Waals surface area (Å²) in [5.41, 5.74) is 4.91. The molecule has 0 spiro atoms. The lowest BCUT2D eigenvalue weighted by atomic mass is 9.82. The van der Waals surface area contributed by atoms with Gasteiger partial charge in [0.25, 0.3) is 0 Å².